The highest BCUT2D eigenvalue weighted by atomic mass is 16.6. The third kappa shape index (κ3) is 18.5. The zero-order valence-electron chi connectivity index (χ0n) is 58.9. The van der Waals surface area contributed by atoms with Gasteiger partial charge in [-0.2, -0.15) is 0 Å². The minimum atomic E-state index is -1.96. The number of Topliss-reactive ketones (excluding diaryl/α,β-unsaturated/α-hetero) is 2. The van der Waals surface area contributed by atoms with Crippen LogP contribution in [0.15, 0.2) is 72.9 Å². The first-order valence-electron chi connectivity index (χ1n) is 34.0. The zero-order valence-corrected chi connectivity index (χ0v) is 58.9. The zero-order chi connectivity index (χ0) is 69.8. The number of likely N-dealkylation sites (N-methyl/N-ethyl adjacent to an activating group) is 4. The maximum atomic E-state index is 15.9. The van der Waals surface area contributed by atoms with Gasteiger partial charge in [0.1, 0.15) is 23.9 Å². The first kappa shape index (κ1) is 75.5. The standard InChI is InChI=1S/C73H107N9O12/c1-18-47(9)55-42-59(84)57-29-24-32-82(57)70(90)58(40-51-27-23-28-52(38-51)53-30-31-61(74-43-53)81-35-33-80(34-36-81)49(11)83)76(14)69(89)56(39-50-25-21-20-22-26-50)75-66(86)63(46(7)8)78(16)71(91)64(48(10)19-2)94-72(92)65(73(12,13)93)79(17)67(87)54(37-44(3)4)41-60(85)62(45(5)6)77(15)68(55)88/h20-23,25-28,30-31,38,43-48,54-58,62-65,93H,18-19,24,29,32-37,39-42H2,1-17H3,(H,75,86)/t47?,48?,54-,55+,56?,57?,58?,62+,63+,64-,65-/m1/s1. The van der Waals surface area contributed by atoms with Crippen LogP contribution in [0.5, 0.6) is 0 Å². The fourth-order valence-electron chi connectivity index (χ4n) is 14.0. The molecule has 0 bridgehead atoms. The smallest absolute Gasteiger partial charge is 0.332 e. The van der Waals surface area contributed by atoms with Crippen molar-refractivity contribution in [3.63, 3.8) is 0 Å². The minimum absolute atomic E-state index is 0.0248. The number of hydrogen-bond donors (Lipinski definition) is 2. The molecule has 11 atom stereocenters. The summed E-state index contributed by atoms with van der Waals surface area (Å²) in [6.45, 7) is 25.1. The normalized spacial score (nSPS) is 25.3. The Morgan fingerprint density at radius 2 is 1.27 bits per heavy atom. The van der Waals surface area contributed by atoms with Crippen LogP contribution in [0.25, 0.3) is 11.1 Å². The van der Waals surface area contributed by atoms with Crippen LogP contribution >= 0.6 is 0 Å². The number of nitrogens with one attached hydrogen (secondary N) is 1. The molecule has 3 fully saturated rings. The lowest BCUT2D eigenvalue weighted by atomic mass is 9.82. The van der Waals surface area contributed by atoms with Gasteiger partial charge in [-0.3, -0.25) is 43.2 Å². The Morgan fingerprint density at radius 3 is 1.83 bits per heavy atom. The van der Waals surface area contributed by atoms with Gasteiger partial charge in [0.05, 0.1) is 17.7 Å². The highest BCUT2D eigenvalue weighted by Gasteiger charge is 2.48. The fraction of sp³-hybridized carbons (Fsp3) is 0.630. The Balaban J connectivity index is 1.50. The van der Waals surface area contributed by atoms with Crippen LogP contribution in [-0.4, -0.2) is 207 Å². The Labute approximate surface area is 558 Å². The van der Waals surface area contributed by atoms with Crippen molar-refractivity contribution in [3.05, 3.63) is 84.1 Å². The van der Waals surface area contributed by atoms with Crippen molar-refractivity contribution in [2.75, 3.05) is 65.8 Å². The van der Waals surface area contributed by atoms with Crippen LogP contribution in [0, 0.1) is 41.4 Å². The number of esters is 1. The number of rotatable bonds is 15. The van der Waals surface area contributed by atoms with Gasteiger partial charge < -0.3 is 49.5 Å². The third-order valence-electron chi connectivity index (χ3n) is 19.7. The van der Waals surface area contributed by atoms with Crippen LogP contribution in [0.1, 0.15) is 146 Å². The van der Waals surface area contributed by atoms with E-state index in [4.69, 9.17) is 9.72 Å². The van der Waals surface area contributed by atoms with Crippen molar-refractivity contribution in [2.24, 2.45) is 41.4 Å². The lowest BCUT2D eigenvalue weighted by Gasteiger charge is -2.39. The Kier molecular flexibility index (Phi) is 26.7. The predicted molar refractivity (Wildman–Crippen MR) is 361 cm³/mol. The van der Waals surface area contributed by atoms with Gasteiger partial charge in [-0.15, -0.1) is 0 Å². The third-order valence-corrected chi connectivity index (χ3v) is 19.7. The molecular formula is C73H107N9O12. The molecule has 3 aromatic rings. The molecular weight excluding hydrogens is 1190 g/mol. The summed E-state index contributed by atoms with van der Waals surface area (Å²) in [4.78, 5) is 165. The molecule has 5 unspecified atom stereocenters. The number of ether oxygens (including phenoxy) is 1. The van der Waals surface area contributed by atoms with Crippen LogP contribution in [0.3, 0.4) is 0 Å². The van der Waals surface area contributed by atoms with Gasteiger partial charge in [0.25, 0.3) is 5.91 Å². The van der Waals surface area contributed by atoms with Crippen molar-refractivity contribution < 1.29 is 57.8 Å². The van der Waals surface area contributed by atoms with Crippen LogP contribution in [0.4, 0.5) is 5.82 Å². The number of carbonyl (C=O) groups is 10. The summed E-state index contributed by atoms with van der Waals surface area (Å²) in [6, 6.07) is 13.0. The average molecular weight is 1300 g/mol. The molecule has 0 radical (unpaired) electrons. The molecule has 3 saturated heterocycles. The molecule has 4 heterocycles. The molecule has 1 aromatic heterocycles. The van der Waals surface area contributed by atoms with Crippen LogP contribution in [-0.2, 0) is 65.5 Å². The highest BCUT2D eigenvalue weighted by molar-refractivity contribution is 5.99. The number of amides is 7. The minimum Gasteiger partial charge on any atom is -0.450 e. The number of carbonyl (C=O) groups excluding carboxylic acids is 10. The summed E-state index contributed by atoms with van der Waals surface area (Å²) in [5.41, 5.74) is 0.982. The quantitative estimate of drug-likeness (QED) is 0.142. The Morgan fingerprint density at radius 1 is 0.649 bits per heavy atom. The average Bonchev–Trinajstić information content (AvgIpc) is 1.21. The number of anilines is 1. The number of ketones is 2. The largest absolute Gasteiger partial charge is 0.450 e. The van der Waals surface area contributed by atoms with E-state index < -0.39 is 125 Å². The number of piperazine rings is 1. The van der Waals surface area contributed by atoms with Gasteiger partial charge in [0, 0.05) is 123 Å². The summed E-state index contributed by atoms with van der Waals surface area (Å²) < 4.78 is 6.17. The number of aliphatic hydroxyl groups is 1. The molecule has 0 aliphatic carbocycles. The summed E-state index contributed by atoms with van der Waals surface area (Å²) in [7, 11) is 5.82. The molecule has 94 heavy (non-hydrogen) atoms. The van der Waals surface area contributed by atoms with Crippen molar-refractivity contribution in [3.8, 4) is 11.1 Å². The molecule has 3 aliphatic heterocycles. The number of benzene rings is 2. The molecule has 0 spiro atoms. The molecule has 3 aliphatic rings. The maximum Gasteiger partial charge on any atom is 0.332 e. The van der Waals surface area contributed by atoms with Gasteiger partial charge >= 0.3 is 5.97 Å². The summed E-state index contributed by atoms with van der Waals surface area (Å²) in [5.74, 6) is -8.88. The highest BCUT2D eigenvalue weighted by Crippen LogP contribution is 2.33. The second-order valence-electron chi connectivity index (χ2n) is 28.4. The lowest BCUT2D eigenvalue weighted by molar-refractivity contribution is -0.178. The number of pyridine rings is 1. The SMILES string of the molecule is CCC(C)[C@@H]1CC(=O)C2CCCN2C(=O)C(Cc2cccc(-c3ccc(N4CCN(C(C)=O)CC4)nc3)c2)N(C)C(=O)C(Cc2ccccc2)NC(=O)[C@H](C(C)C)N(C)C(=O)[C@@H](C(C)CC)OC(=O)[C@H](C(C)(C)O)N(C)C(=O)[C@H](CC(C)C)CC(=O)[C@H](C(C)C)N(C)C1=O. The monoisotopic (exact) mass is 1300 g/mol. The van der Waals surface area contributed by atoms with Crippen LogP contribution in [0.2, 0.25) is 0 Å². The first-order chi connectivity index (χ1) is 44.2. The topological polar surface area (TPSA) is 248 Å². The van der Waals surface area contributed by atoms with Gasteiger partial charge in [-0.25, -0.2) is 9.78 Å². The van der Waals surface area contributed by atoms with Crippen molar-refractivity contribution >= 4 is 64.7 Å². The van der Waals surface area contributed by atoms with E-state index in [1.54, 1.807) is 73.8 Å². The van der Waals surface area contributed by atoms with Crippen molar-refractivity contribution in [2.45, 2.75) is 196 Å². The van der Waals surface area contributed by atoms with E-state index in [9.17, 15) is 24.3 Å². The Bertz CT molecular complexity index is 3140. The number of hydrogen-bond acceptors (Lipinski definition) is 14. The molecule has 516 valence electrons. The van der Waals surface area contributed by atoms with E-state index in [1.807, 2.05) is 87.2 Å². The Hall–Kier alpha value is -7.55. The van der Waals surface area contributed by atoms with Gasteiger partial charge in [0.15, 0.2) is 23.7 Å². The molecule has 0 saturated carbocycles. The van der Waals surface area contributed by atoms with Crippen molar-refractivity contribution in [1.82, 2.24) is 39.7 Å². The van der Waals surface area contributed by atoms with E-state index in [2.05, 4.69) is 10.2 Å². The summed E-state index contributed by atoms with van der Waals surface area (Å²) >= 11 is 0. The van der Waals surface area contributed by atoms with Crippen LogP contribution < -0.4 is 10.2 Å². The predicted octanol–water partition coefficient (Wildman–Crippen LogP) is 7.28. The van der Waals surface area contributed by atoms with E-state index in [0.717, 1.165) is 21.8 Å². The lowest BCUT2D eigenvalue weighted by Crippen LogP contribution is -2.61. The summed E-state index contributed by atoms with van der Waals surface area (Å²) in [5, 5.41) is 14.8. The van der Waals surface area contributed by atoms with Gasteiger partial charge in [0.2, 0.25) is 35.4 Å². The second kappa shape index (κ2) is 33.2. The van der Waals surface area contributed by atoms with Crippen molar-refractivity contribution in [1.29, 1.82) is 0 Å². The van der Waals surface area contributed by atoms with Gasteiger partial charge in [-0.1, -0.05) is 130 Å². The van der Waals surface area contributed by atoms with E-state index >= 15 is 28.8 Å². The first-order valence-corrected chi connectivity index (χ1v) is 34.0. The summed E-state index contributed by atoms with van der Waals surface area (Å²) in [6.07, 6.45) is 1.38. The fourth-order valence-corrected chi connectivity index (χ4v) is 14.0. The van der Waals surface area contributed by atoms with Gasteiger partial charge in [-0.05, 0) is 92.0 Å². The number of nitrogens with zero attached hydrogens (tertiary/aromatic N) is 8. The number of cyclic esters (lactones) is 1. The van der Waals surface area contributed by atoms with E-state index in [1.165, 1.54) is 54.6 Å². The molecule has 21 nitrogen and oxygen atoms in total. The molecule has 2 N–H and O–H groups in total. The number of fused-ring (bicyclic) bond motifs is 1. The molecule has 6 rings (SSSR count). The molecule has 2 aromatic carbocycles. The maximum absolute atomic E-state index is 15.9. The molecule has 7 amide bonds. The molecule has 21 heteroatoms. The van der Waals surface area contributed by atoms with E-state index in [-0.39, 0.29) is 62.2 Å². The van der Waals surface area contributed by atoms with E-state index in [0.29, 0.717) is 63.0 Å². The number of aromatic nitrogens is 1. The second-order valence-corrected chi connectivity index (χ2v) is 28.4.